The van der Waals surface area contributed by atoms with E-state index in [9.17, 15) is 9.59 Å². The number of hydrogen-bond donors (Lipinski definition) is 2. The number of amides is 2. The van der Waals surface area contributed by atoms with Gasteiger partial charge in [0.25, 0.3) is 0 Å². The van der Waals surface area contributed by atoms with Crippen LogP contribution in [0, 0.1) is 6.92 Å². The smallest absolute Gasteiger partial charge is 0.319 e. The lowest BCUT2D eigenvalue weighted by atomic mass is 10.1. The number of aromatic nitrogens is 1. The fraction of sp³-hybridized carbons (Fsp3) is 0.188. The zero-order valence-electron chi connectivity index (χ0n) is 12.0. The van der Waals surface area contributed by atoms with Gasteiger partial charge in [0.2, 0.25) is 0 Å². The summed E-state index contributed by atoms with van der Waals surface area (Å²) < 4.78 is 0. The van der Waals surface area contributed by atoms with Crippen LogP contribution in [0.4, 0.5) is 10.5 Å². The Bertz CT molecular complexity index is 651. The van der Waals surface area contributed by atoms with Crippen molar-refractivity contribution in [1.82, 2.24) is 10.3 Å². The second kappa shape index (κ2) is 6.65. The molecule has 108 valence electrons. The van der Waals surface area contributed by atoms with Crippen LogP contribution in [0.2, 0.25) is 0 Å². The Hall–Kier alpha value is -2.69. The first kappa shape index (κ1) is 14.7. The van der Waals surface area contributed by atoms with Crippen molar-refractivity contribution in [3.63, 3.8) is 0 Å². The molecule has 2 N–H and O–H groups in total. The Morgan fingerprint density at radius 2 is 1.81 bits per heavy atom. The van der Waals surface area contributed by atoms with Crippen LogP contribution in [0.1, 0.15) is 28.7 Å². The van der Waals surface area contributed by atoms with Crippen LogP contribution >= 0.6 is 0 Å². The Morgan fingerprint density at radius 1 is 1.10 bits per heavy atom. The summed E-state index contributed by atoms with van der Waals surface area (Å²) in [4.78, 5) is 27.2. The summed E-state index contributed by atoms with van der Waals surface area (Å²) in [7, 11) is 0. The highest BCUT2D eigenvalue weighted by Gasteiger charge is 2.04. The maximum atomic E-state index is 11.8. The molecule has 0 saturated heterocycles. The summed E-state index contributed by atoms with van der Waals surface area (Å²) in [5, 5.41) is 5.44. The second-order valence-corrected chi connectivity index (χ2v) is 4.71. The van der Waals surface area contributed by atoms with E-state index in [0.29, 0.717) is 17.8 Å². The van der Waals surface area contributed by atoms with E-state index in [2.05, 4.69) is 15.6 Å². The number of nitrogens with one attached hydrogen (secondary N) is 2. The highest BCUT2D eigenvalue weighted by Crippen LogP contribution is 2.09. The van der Waals surface area contributed by atoms with Crippen molar-refractivity contribution in [3.8, 4) is 0 Å². The molecule has 0 aliphatic carbocycles. The minimum atomic E-state index is -0.311. The Morgan fingerprint density at radius 3 is 2.43 bits per heavy atom. The first-order valence-corrected chi connectivity index (χ1v) is 6.63. The van der Waals surface area contributed by atoms with E-state index in [1.54, 1.807) is 24.3 Å². The van der Waals surface area contributed by atoms with Gasteiger partial charge in [0.1, 0.15) is 0 Å². The van der Waals surface area contributed by atoms with Gasteiger partial charge in [-0.25, -0.2) is 4.79 Å². The molecule has 5 nitrogen and oxygen atoms in total. The maximum Gasteiger partial charge on any atom is 0.319 e. The summed E-state index contributed by atoms with van der Waals surface area (Å²) in [6, 6.07) is 12.1. The van der Waals surface area contributed by atoms with E-state index in [4.69, 9.17) is 0 Å². The van der Waals surface area contributed by atoms with Crippen LogP contribution in [0.15, 0.2) is 42.5 Å². The van der Waals surface area contributed by atoms with E-state index in [1.807, 2.05) is 25.1 Å². The number of hydrogen-bond acceptors (Lipinski definition) is 3. The number of urea groups is 1. The zero-order valence-corrected chi connectivity index (χ0v) is 12.0. The largest absolute Gasteiger partial charge is 0.332 e. The lowest BCUT2D eigenvalue weighted by Gasteiger charge is -2.08. The monoisotopic (exact) mass is 283 g/mol. The molecule has 0 aliphatic rings. The molecule has 2 rings (SSSR count). The van der Waals surface area contributed by atoms with Gasteiger partial charge < -0.3 is 10.6 Å². The van der Waals surface area contributed by atoms with Crippen molar-refractivity contribution in [3.05, 3.63) is 59.4 Å². The Balaban J connectivity index is 1.88. The molecule has 0 bridgehead atoms. The number of carbonyl (C=O) groups excluding carboxylic acids is 2. The maximum absolute atomic E-state index is 11.8. The molecule has 1 aromatic heterocycles. The van der Waals surface area contributed by atoms with E-state index < -0.39 is 0 Å². The van der Waals surface area contributed by atoms with E-state index >= 15 is 0 Å². The van der Waals surface area contributed by atoms with Crippen molar-refractivity contribution in [2.45, 2.75) is 20.4 Å². The number of pyridine rings is 1. The summed E-state index contributed by atoms with van der Waals surface area (Å²) in [5.41, 5.74) is 2.96. The van der Waals surface area contributed by atoms with E-state index in [1.165, 1.54) is 6.92 Å². The predicted octanol–water partition coefficient (Wildman–Crippen LogP) is 2.91. The number of nitrogens with zero attached hydrogens (tertiary/aromatic N) is 1. The van der Waals surface area contributed by atoms with Crippen LogP contribution in [0.5, 0.6) is 0 Å². The van der Waals surface area contributed by atoms with Crippen molar-refractivity contribution in [2.24, 2.45) is 0 Å². The lowest BCUT2D eigenvalue weighted by molar-refractivity contribution is 0.101. The van der Waals surface area contributed by atoms with Crippen molar-refractivity contribution in [1.29, 1.82) is 0 Å². The topological polar surface area (TPSA) is 71.1 Å². The van der Waals surface area contributed by atoms with E-state index in [-0.39, 0.29) is 11.8 Å². The fourth-order valence-electron chi connectivity index (χ4n) is 1.83. The molecule has 2 aromatic rings. The molecule has 0 aliphatic heterocycles. The molecule has 1 heterocycles. The number of anilines is 1. The normalized spacial score (nSPS) is 10.0. The third-order valence-corrected chi connectivity index (χ3v) is 2.93. The second-order valence-electron chi connectivity index (χ2n) is 4.71. The molecule has 0 unspecified atom stereocenters. The average Bonchev–Trinajstić information content (AvgIpc) is 2.46. The molecule has 0 spiro atoms. The van der Waals surface area contributed by atoms with Gasteiger partial charge in [-0.2, -0.15) is 0 Å². The molecular weight excluding hydrogens is 266 g/mol. The van der Waals surface area contributed by atoms with Crippen LogP contribution < -0.4 is 10.6 Å². The van der Waals surface area contributed by atoms with Gasteiger partial charge in [-0.05, 0) is 50.2 Å². The minimum Gasteiger partial charge on any atom is -0.332 e. The predicted molar refractivity (Wildman–Crippen MR) is 81.3 cm³/mol. The molecule has 5 heteroatoms. The molecule has 2 amide bonds. The first-order valence-electron chi connectivity index (χ1n) is 6.63. The molecule has 1 aromatic carbocycles. The molecule has 0 fully saturated rings. The van der Waals surface area contributed by atoms with E-state index in [0.717, 1.165) is 11.4 Å². The number of carbonyl (C=O) groups is 2. The molecule has 0 saturated carbocycles. The number of ketones is 1. The number of aryl methyl sites for hydroxylation is 1. The van der Waals surface area contributed by atoms with Gasteiger partial charge in [-0.3, -0.25) is 9.78 Å². The van der Waals surface area contributed by atoms with Crippen LogP contribution in [-0.2, 0) is 6.54 Å². The minimum absolute atomic E-state index is 0.00322. The summed E-state index contributed by atoms with van der Waals surface area (Å²) >= 11 is 0. The van der Waals surface area contributed by atoms with Gasteiger partial charge in [0, 0.05) is 16.9 Å². The van der Waals surface area contributed by atoms with Crippen LogP contribution in [0.3, 0.4) is 0 Å². The number of Topliss-reactive ketones (excluding diaryl/α,β-unsaturated/α-hetero) is 1. The SMILES string of the molecule is CC(=O)c1ccc(NC(=O)NCc2cccc(C)n2)cc1. The van der Waals surface area contributed by atoms with Gasteiger partial charge in [-0.1, -0.05) is 6.07 Å². The molecule has 0 atom stereocenters. The van der Waals surface area contributed by atoms with Gasteiger partial charge in [0.15, 0.2) is 5.78 Å². The van der Waals surface area contributed by atoms with Crippen molar-refractivity contribution < 1.29 is 9.59 Å². The molecular formula is C16H17N3O2. The highest BCUT2D eigenvalue weighted by atomic mass is 16.2. The number of rotatable bonds is 4. The summed E-state index contributed by atoms with van der Waals surface area (Å²) in [6.45, 7) is 3.77. The van der Waals surface area contributed by atoms with Gasteiger partial charge in [0.05, 0.1) is 12.2 Å². The van der Waals surface area contributed by atoms with Crippen LogP contribution in [0.25, 0.3) is 0 Å². The molecule has 21 heavy (non-hydrogen) atoms. The van der Waals surface area contributed by atoms with Crippen molar-refractivity contribution in [2.75, 3.05) is 5.32 Å². The zero-order chi connectivity index (χ0) is 15.2. The molecule has 0 radical (unpaired) electrons. The number of benzene rings is 1. The quantitative estimate of drug-likeness (QED) is 0.847. The standard InChI is InChI=1S/C16H17N3O2/c1-11-4-3-5-15(18-11)10-17-16(21)19-14-8-6-13(7-9-14)12(2)20/h3-9H,10H2,1-2H3,(H2,17,19,21). The lowest BCUT2D eigenvalue weighted by Crippen LogP contribution is -2.28. The average molecular weight is 283 g/mol. The van der Waals surface area contributed by atoms with Crippen molar-refractivity contribution >= 4 is 17.5 Å². The van der Waals surface area contributed by atoms with Gasteiger partial charge >= 0.3 is 6.03 Å². The first-order chi connectivity index (χ1) is 10.0. The fourth-order valence-corrected chi connectivity index (χ4v) is 1.83. The Labute approximate surface area is 123 Å². The third-order valence-electron chi connectivity index (χ3n) is 2.93. The summed E-state index contributed by atoms with van der Waals surface area (Å²) in [5.74, 6) is -0.00322. The van der Waals surface area contributed by atoms with Gasteiger partial charge in [-0.15, -0.1) is 0 Å². The Kier molecular flexibility index (Phi) is 4.66. The third kappa shape index (κ3) is 4.42. The van der Waals surface area contributed by atoms with Crippen LogP contribution in [-0.4, -0.2) is 16.8 Å². The highest BCUT2D eigenvalue weighted by molar-refractivity contribution is 5.95. The summed E-state index contributed by atoms with van der Waals surface area (Å²) in [6.07, 6.45) is 0.